The number of dihydropyridines is 1. The zero-order valence-corrected chi connectivity index (χ0v) is 16.6. The molecule has 2 aliphatic heterocycles. The van der Waals surface area contributed by atoms with Crippen LogP contribution in [-0.2, 0) is 11.2 Å². The number of thiazole rings is 1. The molecule has 0 bridgehead atoms. The Morgan fingerprint density at radius 2 is 2.03 bits per heavy atom. The quantitative estimate of drug-likeness (QED) is 0.774. The summed E-state index contributed by atoms with van der Waals surface area (Å²) in [6.45, 7) is -0.658. The van der Waals surface area contributed by atoms with Crippen molar-refractivity contribution in [1.82, 2.24) is 16.0 Å². The van der Waals surface area contributed by atoms with Crippen LogP contribution in [0.1, 0.15) is 12.0 Å². The number of halogens is 3. The number of aryl methyl sites for hydroxylation is 1. The number of alkyl halides is 3. The van der Waals surface area contributed by atoms with E-state index in [-0.39, 0.29) is 35.8 Å². The van der Waals surface area contributed by atoms with E-state index in [4.69, 9.17) is 5.73 Å². The van der Waals surface area contributed by atoms with Gasteiger partial charge in [0.05, 0.1) is 11.1 Å². The number of hydrogen-bond acceptors (Lipinski definition) is 6. The summed E-state index contributed by atoms with van der Waals surface area (Å²) in [6, 6.07) is 9.12. The van der Waals surface area contributed by atoms with Gasteiger partial charge in [-0.25, -0.2) is 4.98 Å². The molecule has 3 N–H and O–H groups in total. The Labute approximate surface area is 175 Å². The zero-order valence-electron chi connectivity index (χ0n) is 15.7. The number of carbonyl (C=O) groups is 1. The number of benzene rings is 1. The van der Waals surface area contributed by atoms with Gasteiger partial charge in [0.15, 0.2) is 11.5 Å². The predicted octanol–water partition coefficient (Wildman–Crippen LogP) is 2.86. The van der Waals surface area contributed by atoms with E-state index in [0.717, 1.165) is 16.9 Å². The SMILES string of the molecule is [N]C1(CCc2ccccc2)C(=O)C2=C(C(F)(F)F)CNC=C2CN1c1ncsc1N. The number of rotatable bonds is 4. The molecule has 0 saturated carbocycles. The van der Waals surface area contributed by atoms with Gasteiger partial charge in [-0.3, -0.25) is 4.79 Å². The first kappa shape index (κ1) is 20.4. The van der Waals surface area contributed by atoms with Crippen molar-refractivity contribution in [2.75, 3.05) is 23.7 Å². The van der Waals surface area contributed by atoms with Crippen LogP contribution >= 0.6 is 11.3 Å². The number of nitrogen functional groups attached to an aromatic ring is 1. The van der Waals surface area contributed by atoms with Gasteiger partial charge in [0.1, 0.15) is 5.00 Å². The maximum Gasteiger partial charge on any atom is 0.415 e. The summed E-state index contributed by atoms with van der Waals surface area (Å²) in [5.41, 5.74) is 16.3. The highest BCUT2D eigenvalue weighted by molar-refractivity contribution is 7.14. The summed E-state index contributed by atoms with van der Waals surface area (Å²) in [6.07, 6.45) is -3.13. The number of nitrogens with two attached hydrogens (primary N) is 1. The molecule has 1 atom stereocenters. The van der Waals surface area contributed by atoms with E-state index in [0.29, 0.717) is 0 Å². The van der Waals surface area contributed by atoms with Crippen molar-refractivity contribution in [1.29, 1.82) is 0 Å². The molecule has 6 nitrogen and oxygen atoms in total. The van der Waals surface area contributed by atoms with Crippen LogP contribution in [0.15, 0.2) is 58.8 Å². The van der Waals surface area contributed by atoms with E-state index in [1.807, 2.05) is 30.3 Å². The molecule has 2 aromatic rings. The van der Waals surface area contributed by atoms with E-state index in [1.54, 1.807) is 0 Å². The average Bonchev–Trinajstić information content (AvgIpc) is 3.14. The Kier molecular flexibility index (Phi) is 5.07. The Balaban J connectivity index is 1.80. The first-order valence-corrected chi connectivity index (χ1v) is 10.1. The van der Waals surface area contributed by atoms with Crippen LogP contribution in [0.3, 0.4) is 0 Å². The Morgan fingerprint density at radius 1 is 1.30 bits per heavy atom. The molecule has 2 radical (unpaired) electrons. The number of piperidine rings is 1. The molecule has 0 amide bonds. The molecule has 1 aromatic heterocycles. The van der Waals surface area contributed by atoms with Gasteiger partial charge in [-0.2, -0.15) is 13.2 Å². The highest BCUT2D eigenvalue weighted by Crippen LogP contribution is 2.43. The highest BCUT2D eigenvalue weighted by atomic mass is 32.1. The summed E-state index contributed by atoms with van der Waals surface area (Å²) in [5, 5.41) is 2.85. The van der Waals surface area contributed by atoms with E-state index in [1.165, 1.54) is 16.6 Å². The van der Waals surface area contributed by atoms with Crippen LogP contribution in [0, 0.1) is 0 Å². The molecule has 1 aromatic carbocycles. The van der Waals surface area contributed by atoms with Crippen LogP contribution < -0.4 is 21.7 Å². The van der Waals surface area contributed by atoms with Gasteiger partial charge < -0.3 is 16.0 Å². The smallest absolute Gasteiger partial charge is 0.387 e. The molecule has 10 heteroatoms. The van der Waals surface area contributed by atoms with Gasteiger partial charge in [-0.05, 0) is 24.0 Å². The number of fused-ring (bicyclic) bond motifs is 1. The molecule has 0 aliphatic carbocycles. The average molecular weight is 433 g/mol. The van der Waals surface area contributed by atoms with Gasteiger partial charge in [0.25, 0.3) is 0 Å². The molecular weight excluding hydrogens is 415 g/mol. The highest BCUT2D eigenvalue weighted by Gasteiger charge is 2.53. The second-order valence-electron chi connectivity index (χ2n) is 7.16. The molecule has 1 fully saturated rings. The molecule has 4 rings (SSSR count). The van der Waals surface area contributed by atoms with Crippen LogP contribution in [0.5, 0.6) is 0 Å². The minimum absolute atomic E-state index is 0.109. The third-order valence-corrected chi connectivity index (χ3v) is 5.97. The number of nitrogens with zero attached hydrogens (tertiary/aromatic N) is 3. The predicted molar refractivity (Wildman–Crippen MR) is 108 cm³/mol. The van der Waals surface area contributed by atoms with Crippen LogP contribution in [0.25, 0.3) is 0 Å². The first-order valence-electron chi connectivity index (χ1n) is 9.22. The van der Waals surface area contributed by atoms with E-state index < -0.39 is 35.3 Å². The van der Waals surface area contributed by atoms with Crippen molar-refractivity contribution in [2.45, 2.75) is 24.7 Å². The Bertz CT molecular complexity index is 1030. The normalized spacial score (nSPS) is 21.9. The largest absolute Gasteiger partial charge is 0.415 e. The number of Topliss-reactive ketones (excluding diaryl/α,β-unsaturated/α-hetero) is 1. The fourth-order valence-corrected chi connectivity index (χ4v) is 4.35. The van der Waals surface area contributed by atoms with Crippen molar-refractivity contribution in [2.24, 2.45) is 0 Å². The Hall–Kier alpha value is -2.85. The van der Waals surface area contributed by atoms with Crippen molar-refractivity contribution < 1.29 is 18.0 Å². The molecule has 1 unspecified atom stereocenters. The first-order chi connectivity index (χ1) is 14.2. The van der Waals surface area contributed by atoms with Crippen LogP contribution in [0.4, 0.5) is 24.0 Å². The van der Waals surface area contributed by atoms with E-state index in [9.17, 15) is 23.7 Å². The van der Waals surface area contributed by atoms with Crippen LogP contribution in [0.2, 0.25) is 0 Å². The van der Waals surface area contributed by atoms with Crippen molar-refractivity contribution >= 4 is 27.9 Å². The molecular formula is C20H18F3N5OS. The van der Waals surface area contributed by atoms with Gasteiger partial charge in [-0.1, -0.05) is 30.3 Å². The summed E-state index contributed by atoms with van der Waals surface area (Å²) in [5.74, 6) is -0.805. The van der Waals surface area contributed by atoms with E-state index >= 15 is 0 Å². The van der Waals surface area contributed by atoms with Gasteiger partial charge in [0.2, 0.25) is 5.78 Å². The number of aromatic nitrogens is 1. The second-order valence-corrected chi connectivity index (χ2v) is 8.05. The topological polar surface area (TPSA) is 93.5 Å². The molecule has 30 heavy (non-hydrogen) atoms. The molecule has 1 saturated heterocycles. The zero-order chi connectivity index (χ0) is 21.5. The number of nitrogens with one attached hydrogen (secondary N) is 1. The summed E-state index contributed by atoms with van der Waals surface area (Å²) < 4.78 is 40.9. The van der Waals surface area contributed by atoms with E-state index in [2.05, 4.69) is 10.3 Å². The standard InChI is InChI=1S/C20H18F3N5OS/c21-20(22,23)14-9-26-8-13-10-28(18-17(24)30-11-27-18)19(25,16(29)15(13)14)7-6-12-4-2-1-3-5-12/h1-5,8,11,26H,6-7,9-10,24H2. The maximum atomic E-state index is 13.6. The van der Waals surface area contributed by atoms with Crippen molar-refractivity contribution in [3.8, 4) is 0 Å². The molecule has 2 aliphatic rings. The second kappa shape index (κ2) is 7.44. The third kappa shape index (κ3) is 3.46. The number of ketones is 1. The summed E-state index contributed by atoms with van der Waals surface area (Å²) in [7, 11) is 0. The van der Waals surface area contributed by atoms with Crippen molar-refractivity contribution in [3.05, 3.63) is 64.3 Å². The number of anilines is 2. The maximum absolute atomic E-state index is 13.6. The minimum atomic E-state index is -4.69. The lowest BCUT2D eigenvalue weighted by molar-refractivity contribution is -0.123. The summed E-state index contributed by atoms with van der Waals surface area (Å²) in [4.78, 5) is 18.9. The van der Waals surface area contributed by atoms with Gasteiger partial charge >= 0.3 is 6.18 Å². The van der Waals surface area contributed by atoms with Crippen molar-refractivity contribution in [3.63, 3.8) is 0 Å². The lowest BCUT2D eigenvalue weighted by atomic mass is 9.80. The van der Waals surface area contributed by atoms with Crippen LogP contribution in [-0.4, -0.2) is 35.7 Å². The van der Waals surface area contributed by atoms with Gasteiger partial charge in [-0.15, -0.1) is 17.1 Å². The minimum Gasteiger partial charge on any atom is -0.387 e. The lowest BCUT2D eigenvalue weighted by Crippen LogP contribution is -2.62. The Morgan fingerprint density at radius 3 is 2.67 bits per heavy atom. The molecule has 0 spiro atoms. The third-order valence-electron chi connectivity index (χ3n) is 5.32. The van der Waals surface area contributed by atoms with Gasteiger partial charge in [0, 0.05) is 24.9 Å². The lowest BCUT2D eigenvalue weighted by Gasteiger charge is -2.45. The molecule has 156 valence electrons. The fraction of sp³-hybridized carbons (Fsp3) is 0.300. The monoisotopic (exact) mass is 433 g/mol. The summed E-state index contributed by atoms with van der Waals surface area (Å²) >= 11 is 1.12. The number of hydrogen-bond donors (Lipinski definition) is 2. The number of carbonyl (C=O) groups excluding carboxylic acids is 1. The fourth-order valence-electron chi connectivity index (χ4n) is 3.82. The molecule has 3 heterocycles.